The normalized spacial score (nSPS) is 12.6. The number of fused-ring (bicyclic) bond motifs is 3. The average Bonchev–Trinajstić information content (AvgIpc) is 3.05. The zero-order valence-electron chi connectivity index (χ0n) is 15.1. The number of ether oxygens (including phenoxy) is 1. The van der Waals surface area contributed by atoms with E-state index in [1.807, 2.05) is 24.3 Å². The quantitative estimate of drug-likeness (QED) is 0.719. The van der Waals surface area contributed by atoms with Gasteiger partial charge in [-0.2, -0.15) is 0 Å². The third kappa shape index (κ3) is 3.71. The fraction of sp³-hybridized carbons (Fsp3) is 0.136. The number of aromatic amines is 1. The molecule has 0 fully saturated rings. The van der Waals surface area contributed by atoms with Crippen LogP contribution in [0.4, 0.5) is 4.79 Å². The second kappa shape index (κ2) is 7.92. The highest BCUT2D eigenvalue weighted by Crippen LogP contribution is 2.44. The van der Waals surface area contributed by atoms with E-state index in [0.29, 0.717) is 12.2 Å². The summed E-state index contributed by atoms with van der Waals surface area (Å²) < 4.78 is 5.46. The Bertz CT molecular complexity index is 1020. The minimum Gasteiger partial charge on any atom is -0.449 e. The van der Waals surface area contributed by atoms with Crippen LogP contribution in [0.5, 0.6) is 0 Å². The van der Waals surface area contributed by atoms with Crippen LogP contribution >= 0.6 is 0 Å². The third-order valence-corrected chi connectivity index (χ3v) is 4.69. The molecule has 0 unspecified atom stereocenters. The summed E-state index contributed by atoms with van der Waals surface area (Å²) in [5, 5.41) is 2.69. The number of hydrogen-bond donors (Lipinski definition) is 2. The van der Waals surface area contributed by atoms with Crippen LogP contribution in [-0.4, -0.2) is 29.2 Å². The molecule has 0 atom stereocenters. The van der Waals surface area contributed by atoms with Crippen molar-refractivity contribution < 1.29 is 9.53 Å². The number of rotatable bonds is 5. The molecule has 2 N–H and O–H groups in total. The van der Waals surface area contributed by atoms with Crippen LogP contribution < -0.4 is 10.9 Å². The van der Waals surface area contributed by atoms with E-state index in [1.165, 1.54) is 34.6 Å². The molecule has 3 aromatic rings. The molecule has 1 aliphatic rings. The minimum atomic E-state index is -0.471. The van der Waals surface area contributed by atoms with Crippen molar-refractivity contribution in [1.82, 2.24) is 15.3 Å². The van der Waals surface area contributed by atoms with Crippen LogP contribution in [0.3, 0.4) is 0 Å². The molecule has 0 saturated heterocycles. The number of aromatic nitrogens is 2. The van der Waals surface area contributed by atoms with E-state index in [9.17, 15) is 9.59 Å². The van der Waals surface area contributed by atoms with Crippen molar-refractivity contribution in [2.75, 3.05) is 13.2 Å². The van der Waals surface area contributed by atoms with Crippen molar-refractivity contribution in [3.63, 3.8) is 0 Å². The Morgan fingerprint density at radius 1 is 1.11 bits per heavy atom. The first-order chi connectivity index (χ1) is 13.7. The smallest absolute Gasteiger partial charge is 0.407 e. The molecule has 140 valence electrons. The molecule has 0 saturated carbocycles. The zero-order chi connectivity index (χ0) is 19.3. The zero-order valence-corrected chi connectivity index (χ0v) is 15.1. The largest absolute Gasteiger partial charge is 0.449 e. The number of hydrogen-bond acceptors (Lipinski definition) is 4. The maximum absolute atomic E-state index is 12.0. The monoisotopic (exact) mass is 373 g/mol. The van der Waals surface area contributed by atoms with Gasteiger partial charge in [0.25, 0.3) is 5.56 Å². The number of nitrogens with one attached hydrogen (secondary N) is 2. The average molecular weight is 373 g/mol. The first-order valence-corrected chi connectivity index (χ1v) is 9.02. The minimum absolute atomic E-state index is 0.0408. The summed E-state index contributed by atoms with van der Waals surface area (Å²) in [5.41, 5.74) is 5.11. The van der Waals surface area contributed by atoms with Gasteiger partial charge in [-0.25, -0.2) is 9.78 Å². The van der Waals surface area contributed by atoms with Crippen LogP contribution in [0.2, 0.25) is 0 Å². The predicted molar refractivity (Wildman–Crippen MR) is 107 cm³/mol. The number of benzene rings is 2. The highest BCUT2D eigenvalue weighted by molar-refractivity contribution is 5.79. The Balaban J connectivity index is 1.34. The highest BCUT2D eigenvalue weighted by Gasteiger charge is 2.28. The molecule has 0 bridgehead atoms. The SMILES string of the molecule is O=C(NCC=Cc1c[nH]c(=O)cn1)OCC1c2ccccc2-c2ccccc21. The van der Waals surface area contributed by atoms with Crippen molar-refractivity contribution in [2.45, 2.75) is 5.92 Å². The van der Waals surface area contributed by atoms with E-state index in [4.69, 9.17) is 4.74 Å². The van der Waals surface area contributed by atoms with Gasteiger partial charge in [-0.1, -0.05) is 54.6 Å². The van der Waals surface area contributed by atoms with E-state index in [1.54, 1.807) is 12.2 Å². The Morgan fingerprint density at radius 2 is 1.79 bits per heavy atom. The number of carbonyl (C=O) groups is 1. The standard InChI is InChI=1S/C22H19N3O3/c26-21-13-24-15(12-25-21)6-5-11-23-22(27)28-14-20-18-9-3-1-7-16(18)17-8-2-4-10-19(17)20/h1-10,12-13,20H,11,14H2,(H,23,27)(H,25,26). The predicted octanol–water partition coefficient (Wildman–Crippen LogP) is 3.32. The molecule has 0 radical (unpaired) electrons. The van der Waals surface area contributed by atoms with Gasteiger partial charge in [0.1, 0.15) is 6.61 Å². The summed E-state index contributed by atoms with van der Waals surface area (Å²) in [6.45, 7) is 0.586. The van der Waals surface area contributed by atoms with Gasteiger partial charge >= 0.3 is 6.09 Å². The van der Waals surface area contributed by atoms with Crippen molar-refractivity contribution in [2.24, 2.45) is 0 Å². The number of H-pyrrole nitrogens is 1. The van der Waals surface area contributed by atoms with Crippen LogP contribution in [0, 0.1) is 0 Å². The van der Waals surface area contributed by atoms with Crippen LogP contribution in [-0.2, 0) is 4.74 Å². The number of carbonyl (C=O) groups excluding carboxylic acids is 1. The van der Waals surface area contributed by atoms with Crippen molar-refractivity contribution >= 4 is 12.2 Å². The van der Waals surface area contributed by atoms with Crippen LogP contribution in [0.1, 0.15) is 22.7 Å². The van der Waals surface area contributed by atoms with Gasteiger partial charge in [-0.15, -0.1) is 0 Å². The summed E-state index contributed by atoms with van der Waals surface area (Å²) in [4.78, 5) is 29.5. The Kier molecular flexibility index (Phi) is 5.01. The van der Waals surface area contributed by atoms with Gasteiger partial charge in [0, 0.05) is 18.7 Å². The number of amides is 1. The molecule has 1 aromatic heterocycles. The fourth-order valence-electron chi connectivity index (χ4n) is 3.42. The fourth-order valence-corrected chi connectivity index (χ4v) is 3.42. The Labute approximate surface area is 161 Å². The number of nitrogens with zero attached hydrogens (tertiary/aromatic N) is 1. The van der Waals surface area contributed by atoms with Gasteiger partial charge in [-0.3, -0.25) is 4.79 Å². The molecule has 1 aliphatic carbocycles. The van der Waals surface area contributed by atoms with E-state index in [0.717, 1.165) is 0 Å². The summed E-state index contributed by atoms with van der Waals surface area (Å²) >= 11 is 0. The molecule has 0 spiro atoms. The van der Waals surface area contributed by atoms with Crippen molar-refractivity contribution in [3.8, 4) is 11.1 Å². The molecule has 2 aromatic carbocycles. The molecular weight excluding hydrogens is 354 g/mol. The van der Waals surface area contributed by atoms with E-state index >= 15 is 0 Å². The summed E-state index contributed by atoms with van der Waals surface area (Å²) in [7, 11) is 0. The molecule has 4 rings (SSSR count). The maximum Gasteiger partial charge on any atom is 0.407 e. The lowest BCUT2D eigenvalue weighted by Gasteiger charge is -2.14. The summed E-state index contributed by atoms with van der Waals surface area (Å²) in [5.74, 6) is 0.0408. The molecule has 1 amide bonds. The maximum atomic E-state index is 12.0. The first-order valence-electron chi connectivity index (χ1n) is 9.02. The molecule has 6 heteroatoms. The van der Waals surface area contributed by atoms with Crippen molar-refractivity contribution in [3.05, 3.63) is 94.2 Å². The molecule has 28 heavy (non-hydrogen) atoms. The second-order valence-electron chi connectivity index (χ2n) is 6.44. The second-order valence-corrected chi connectivity index (χ2v) is 6.44. The Morgan fingerprint density at radius 3 is 2.43 bits per heavy atom. The van der Waals surface area contributed by atoms with E-state index in [-0.39, 0.29) is 18.1 Å². The van der Waals surface area contributed by atoms with Crippen LogP contribution in [0.25, 0.3) is 17.2 Å². The third-order valence-electron chi connectivity index (χ3n) is 4.69. The van der Waals surface area contributed by atoms with Gasteiger partial charge in [0.15, 0.2) is 0 Å². The lowest BCUT2D eigenvalue weighted by molar-refractivity contribution is 0.144. The molecule has 0 aliphatic heterocycles. The molecular formula is C22H19N3O3. The number of alkyl carbamates (subject to hydrolysis) is 1. The topological polar surface area (TPSA) is 84.1 Å². The lowest BCUT2D eigenvalue weighted by atomic mass is 9.98. The van der Waals surface area contributed by atoms with Gasteiger partial charge in [-0.05, 0) is 28.3 Å². The van der Waals surface area contributed by atoms with E-state index < -0.39 is 6.09 Å². The summed E-state index contributed by atoms with van der Waals surface area (Å²) in [6, 6.07) is 16.4. The van der Waals surface area contributed by atoms with E-state index in [2.05, 4.69) is 39.6 Å². The highest BCUT2D eigenvalue weighted by atomic mass is 16.5. The Hall–Kier alpha value is -3.67. The van der Waals surface area contributed by atoms with Crippen molar-refractivity contribution in [1.29, 1.82) is 0 Å². The summed E-state index contributed by atoms with van der Waals surface area (Å²) in [6.07, 6.45) is 5.69. The van der Waals surface area contributed by atoms with Gasteiger partial charge < -0.3 is 15.0 Å². The van der Waals surface area contributed by atoms with Crippen LogP contribution in [0.15, 0.2) is 71.8 Å². The van der Waals surface area contributed by atoms with Gasteiger partial charge in [0.05, 0.1) is 11.9 Å². The first kappa shape index (κ1) is 17.7. The molecule has 6 nitrogen and oxygen atoms in total. The lowest BCUT2D eigenvalue weighted by Crippen LogP contribution is -2.26. The van der Waals surface area contributed by atoms with Gasteiger partial charge in [0.2, 0.25) is 0 Å². The molecule has 1 heterocycles.